The Hall–Kier alpha value is -1.30. The van der Waals surface area contributed by atoms with Crippen molar-refractivity contribution in [1.82, 2.24) is 10.2 Å². The molecule has 2 N–H and O–H groups in total. The van der Waals surface area contributed by atoms with Crippen LogP contribution in [0.3, 0.4) is 0 Å². The van der Waals surface area contributed by atoms with Gasteiger partial charge in [0.2, 0.25) is 5.91 Å². The molecule has 0 spiro atoms. The van der Waals surface area contributed by atoms with Gasteiger partial charge < -0.3 is 10.4 Å². The fourth-order valence-corrected chi connectivity index (χ4v) is 3.27. The standard InChI is InChI=1S/C15H18Cl2N2O3/c1-9(11-5-4-10(16)7-12(11)17)18-14(20)8-19-6-2-3-13(19)15(21)22/h4-5,7,9,13H,2-3,6,8H2,1H3,(H,18,20)(H,21,22)/t9?,13-/m1/s1. The normalized spacial score (nSPS) is 19.9. The SMILES string of the molecule is CC(NC(=O)CN1CCC[C@@H]1C(=O)O)c1ccc(Cl)cc1Cl. The lowest BCUT2D eigenvalue weighted by Crippen LogP contribution is -2.43. The molecule has 1 saturated heterocycles. The van der Waals surface area contributed by atoms with Crippen molar-refractivity contribution < 1.29 is 14.7 Å². The maximum Gasteiger partial charge on any atom is 0.320 e. The third-order valence-electron chi connectivity index (χ3n) is 3.80. The van der Waals surface area contributed by atoms with Crippen molar-refractivity contribution in [1.29, 1.82) is 0 Å². The first kappa shape index (κ1) is 17.1. The number of amides is 1. The number of nitrogens with zero attached hydrogens (tertiary/aromatic N) is 1. The zero-order chi connectivity index (χ0) is 16.3. The lowest BCUT2D eigenvalue weighted by atomic mass is 10.1. The maximum atomic E-state index is 12.1. The number of benzene rings is 1. The third-order valence-corrected chi connectivity index (χ3v) is 4.36. The Morgan fingerprint density at radius 2 is 2.18 bits per heavy atom. The van der Waals surface area contributed by atoms with Crippen LogP contribution in [0, 0.1) is 0 Å². The fourth-order valence-electron chi connectivity index (χ4n) is 2.70. The molecule has 1 aromatic carbocycles. The molecule has 22 heavy (non-hydrogen) atoms. The van der Waals surface area contributed by atoms with E-state index < -0.39 is 12.0 Å². The monoisotopic (exact) mass is 344 g/mol. The van der Waals surface area contributed by atoms with E-state index in [4.69, 9.17) is 28.3 Å². The van der Waals surface area contributed by atoms with Crippen LogP contribution >= 0.6 is 23.2 Å². The van der Waals surface area contributed by atoms with E-state index in [9.17, 15) is 9.59 Å². The number of hydrogen-bond donors (Lipinski definition) is 2. The fraction of sp³-hybridized carbons (Fsp3) is 0.467. The van der Waals surface area contributed by atoms with E-state index >= 15 is 0 Å². The average Bonchev–Trinajstić information content (AvgIpc) is 2.86. The van der Waals surface area contributed by atoms with Gasteiger partial charge in [-0.25, -0.2) is 0 Å². The highest BCUT2D eigenvalue weighted by atomic mass is 35.5. The van der Waals surface area contributed by atoms with E-state index in [1.807, 2.05) is 6.92 Å². The number of carboxylic acid groups (broad SMARTS) is 1. The van der Waals surface area contributed by atoms with E-state index in [0.29, 0.717) is 23.0 Å². The topological polar surface area (TPSA) is 69.6 Å². The number of likely N-dealkylation sites (tertiary alicyclic amines) is 1. The summed E-state index contributed by atoms with van der Waals surface area (Å²) in [5.41, 5.74) is 0.774. The van der Waals surface area contributed by atoms with Crippen molar-refractivity contribution in [2.24, 2.45) is 0 Å². The van der Waals surface area contributed by atoms with Crippen LogP contribution in [-0.2, 0) is 9.59 Å². The molecule has 1 fully saturated rings. The van der Waals surface area contributed by atoms with Gasteiger partial charge >= 0.3 is 5.97 Å². The number of rotatable bonds is 5. The summed E-state index contributed by atoms with van der Waals surface area (Å²) < 4.78 is 0. The summed E-state index contributed by atoms with van der Waals surface area (Å²) in [5, 5.41) is 13.0. The molecule has 1 amide bonds. The van der Waals surface area contributed by atoms with Crippen molar-refractivity contribution in [3.05, 3.63) is 33.8 Å². The number of carbonyl (C=O) groups excluding carboxylic acids is 1. The highest BCUT2D eigenvalue weighted by Crippen LogP contribution is 2.26. The minimum Gasteiger partial charge on any atom is -0.480 e. The average molecular weight is 345 g/mol. The Morgan fingerprint density at radius 3 is 2.82 bits per heavy atom. The Balaban J connectivity index is 1.95. The molecule has 0 aromatic heterocycles. The summed E-state index contributed by atoms with van der Waals surface area (Å²) in [6.07, 6.45) is 1.38. The summed E-state index contributed by atoms with van der Waals surface area (Å²) in [6, 6.07) is 4.27. The van der Waals surface area contributed by atoms with Gasteiger partial charge in [0.05, 0.1) is 12.6 Å². The van der Waals surface area contributed by atoms with Gasteiger partial charge in [-0.15, -0.1) is 0 Å². The van der Waals surface area contributed by atoms with Gasteiger partial charge in [0.25, 0.3) is 0 Å². The first-order valence-corrected chi connectivity index (χ1v) is 7.85. The summed E-state index contributed by atoms with van der Waals surface area (Å²) in [7, 11) is 0. The molecule has 0 bridgehead atoms. The van der Waals surface area contributed by atoms with Crippen LogP contribution in [0.25, 0.3) is 0 Å². The second-order valence-electron chi connectivity index (χ2n) is 5.42. The first-order valence-electron chi connectivity index (χ1n) is 7.09. The quantitative estimate of drug-likeness (QED) is 0.861. The number of carbonyl (C=O) groups is 2. The van der Waals surface area contributed by atoms with Gasteiger partial charge in [0.15, 0.2) is 0 Å². The summed E-state index contributed by atoms with van der Waals surface area (Å²) in [4.78, 5) is 24.9. The molecule has 1 unspecified atom stereocenters. The van der Waals surface area contributed by atoms with Gasteiger partial charge in [-0.2, -0.15) is 0 Å². The highest BCUT2D eigenvalue weighted by molar-refractivity contribution is 6.35. The second-order valence-corrected chi connectivity index (χ2v) is 6.27. The zero-order valence-corrected chi connectivity index (χ0v) is 13.7. The molecule has 7 heteroatoms. The van der Waals surface area contributed by atoms with Crippen LogP contribution < -0.4 is 5.32 Å². The minimum absolute atomic E-state index is 0.0759. The molecule has 1 aromatic rings. The molecular formula is C15H18Cl2N2O3. The second kappa shape index (κ2) is 7.31. The molecule has 5 nitrogen and oxygen atoms in total. The van der Waals surface area contributed by atoms with Crippen LogP contribution in [0.5, 0.6) is 0 Å². The Bertz CT molecular complexity index is 580. The highest BCUT2D eigenvalue weighted by Gasteiger charge is 2.31. The number of carboxylic acids is 1. The molecule has 1 aliphatic heterocycles. The van der Waals surface area contributed by atoms with Gasteiger partial charge in [0, 0.05) is 10.0 Å². The van der Waals surface area contributed by atoms with Crippen molar-refractivity contribution in [3.63, 3.8) is 0 Å². The lowest BCUT2D eigenvalue weighted by molar-refractivity contribution is -0.142. The van der Waals surface area contributed by atoms with E-state index in [1.54, 1.807) is 23.1 Å². The number of halogens is 2. The molecular weight excluding hydrogens is 327 g/mol. The number of aliphatic carboxylic acids is 1. The molecule has 0 saturated carbocycles. The summed E-state index contributed by atoms with van der Waals surface area (Å²) >= 11 is 12.0. The first-order chi connectivity index (χ1) is 10.4. The van der Waals surface area contributed by atoms with Crippen LogP contribution in [-0.4, -0.2) is 41.0 Å². The van der Waals surface area contributed by atoms with E-state index in [2.05, 4.69) is 5.32 Å². The molecule has 0 radical (unpaired) electrons. The summed E-state index contributed by atoms with van der Waals surface area (Å²) in [6.45, 7) is 2.53. The van der Waals surface area contributed by atoms with E-state index in [-0.39, 0.29) is 18.5 Å². The maximum absolute atomic E-state index is 12.1. The van der Waals surface area contributed by atoms with Crippen LogP contribution in [0.15, 0.2) is 18.2 Å². The number of hydrogen-bond acceptors (Lipinski definition) is 3. The van der Waals surface area contributed by atoms with E-state index in [0.717, 1.165) is 12.0 Å². The smallest absolute Gasteiger partial charge is 0.320 e. The number of nitrogens with one attached hydrogen (secondary N) is 1. The van der Waals surface area contributed by atoms with Gasteiger partial charge in [-0.3, -0.25) is 14.5 Å². The Kier molecular flexibility index (Phi) is 5.67. The van der Waals surface area contributed by atoms with Gasteiger partial charge in [0.1, 0.15) is 6.04 Å². The molecule has 1 heterocycles. The van der Waals surface area contributed by atoms with Crippen LogP contribution in [0.1, 0.15) is 31.4 Å². The summed E-state index contributed by atoms with van der Waals surface area (Å²) in [5.74, 6) is -1.09. The Labute approximate surface area is 139 Å². The van der Waals surface area contributed by atoms with Crippen molar-refractivity contribution in [2.45, 2.75) is 31.8 Å². The van der Waals surface area contributed by atoms with E-state index in [1.165, 1.54) is 0 Å². The van der Waals surface area contributed by atoms with Crippen LogP contribution in [0.4, 0.5) is 0 Å². The van der Waals surface area contributed by atoms with Gasteiger partial charge in [-0.05, 0) is 44.0 Å². The predicted octanol–water partition coefficient (Wildman–Crippen LogP) is 2.72. The van der Waals surface area contributed by atoms with Crippen molar-refractivity contribution in [2.75, 3.05) is 13.1 Å². The molecule has 2 atom stereocenters. The van der Waals surface area contributed by atoms with Gasteiger partial charge in [-0.1, -0.05) is 29.3 Å². The minimum atomic E-state index is -0.876. The molecule has 2 rings (SSSR count). The molecule has 0 aliphatic carbocycles. The lowest BCUT2D eigenvalue weighted by Gasteiger charge is -2.22. The van der Waals surface area contributed by atoms with Crippen molar-refractivity contribution >= 4 is 35.1 Å². The molecule has 120 valence electrons. The zero-order valence-electron chi connectivity index (χ0n) is 12.2. The predicted molar refractivity (Wildman–Crippen MR) is 85.3 cm³/mol. The molecule has 1 aliphatic rings. The largest absolute Gasteiger partial charge is 0.480 e. The van der Waals surface area contributed by atoms with Crippen LogP contribution in [0.2, 0.25) is 10.0 Å². The third kappa shape index (κ3) is 4.12. The Morgan fingerprint density at radius 1 is 1.45 bits per heavy atom. The van der Waals surface area contributed by atoms with Crippen molar-refractivity contribution in [3.8, 4) is 0 Å².